The van der Waals surface area contributed by atoms with Gasteiger partial charge in [0.25, 0.3) is 0 Å². The number of nitrogens with one attached hydrogen (secondary N) is 1. The molecule has 0 unspecified atom stereocenters. The molecule has 100 valence electrons. The van der Waals surface area contributed by atoms with E-state index in [-0.39, 0.29) is 18.9 Å². The molecule has 1 aliphatic heterocycles. The number of hydrogen-bond donors (Lipinski definition) is 1. The minimum atomic E-state index is -0.486. The third-order valence-corrected chi connectivity index (χ3v) is 3.16. The molecule has 1 fully saturated rings. The number of aldehydes is 1. The first-order valence-corrected chi connectivity index (χ1v) is 6.00. The van der Waals surface area contributed by atoms with Gasteiger partial charge in [-0.25, -0.2) is 14.8 Å². The summed E-state index contributed by atoms with van der Waals surface area (Å²) in [7, 11) is 0. The largest absolute Gasteiger partial charge is 0.328 e. The van der Waals surface area contributed by atoms with Gasteiger partial charge in [-0.2, -0.15) is 0 Å². The fourth-order valence-corrected chi connectivity index (χ4v) is 2.20. The van der Waals surface area contributed by atoms with Crippen molar-refractivity contribution in [3.05, 3.63) is 30.2 Å². The molecule has 7 heteroatoms. The lowest BCUT2D eigenvalue weighted by Crippen LogP contribution is -2.49. The zero-order valence-corrected chi connectivity index (χ0v) is 10.4. The van der Waals surface area contributed by atoms with Crippen LogP contribution in [-0.2, 0) is 4.79 Å². The van der Waals surface area contributed by atoms with E-state index in [9.17, 15) is 14.4 Å². The van der Waals surface area contributed by atoms with Crippen LogP contribution in [0, 0.1) is 0 Å². The molecule has 1 saturated heterocycles. The zero-order valence-electron chi connectivity index (χ0n) is 10.4. The predicted octanol–water partition coefficient (Wildman–Crippen LogP) is 0.889. The molecule has 0 spiro atoms. The molecule has 1 aromatic carbocycles. The highest BCUT2D eigenvalue weighted by Gasteiger charge is 2.26. The topological polar surface area (TPSA) is 92.3 Å². The van der Waals surface area contributed by atoms with Crippen LogP contribution in [0.2, 0.25) is 0 Å². The Balaban J connectivity index is 2.15. The van der Waals surface area contributed by atoms with Gasteiger partial charge in [-0.3, -0.25) is 19.8 Å². The number of carbonyl (C=O) groups excluding carboxylic acids is 3. The van der Waals surface area contributed by atoms with Gasteiger partial charge in [-0.15, -0.1) is 0 Å². The van der Waals surface area contributed by atoms with Crippen molar-refractivity contribution in [2.75, 3.05) is 11.4 Å². The number of rotatable bonds is 2. The van der Waals surface area contributed by atoms with Crippen molar-refractivity contribution in [2.45, 2.75) is 6.42 Å². The van der Waals surface area contributed by atoms with Gasteiger partial charge in [0.05, 0.1) is 11.2 Å². The summed E-state index contributed by atoms with van der Waals surface area (Å²) in [5, 5.41) is 2.83. The number of imide groups is 1. The van der Waals surface area contributed by atoms with Gasteiger partial charge in [0.2, 0.25) is 5.91 Å². The summed E-state index contributed by atoms with van der Waals surface area (Å²) >= 11 is 0. The predicted molar refractivity (Wildman–Crippen MR) is 70.4 cm³/mol. The third kappa shape index (κ3) is 1.89. The fraction of sp³-hybridized carbons (Fsp3) is 0.154. The molecule has 2 aromatic rings. The molecule has 0 aliphatic carbocycles. The highest BCUT2D eigenvalue weighted by molar-refractivity contribution is 6.10. The van der Waals surface area contributed by atoms with Crippen LogP contribution >= 0.6 is 0 Å². The van der Waals surface area contributed by atoms with Crippen LogP contribution in [0.15, 0.2) is 24.7 Å². The number of amides is 3. The van der Waals surface area contributed by atoms with E-state index in [0.717, 1.165) is 6.29 Å². The van der Waals surface area contributed by atoms with Crippen molar-refractivity contribution < 1.29 is 14.4 Å². The van der Waals surface area contributed by atoms with E-state index in [1.165, 1.54) is 17.4 Å². The highest BCUT2D eigenvalue weighted by Crippen LogP contribution is 2.27. The summed E-state index contributed by atoms with van der Waals surface area (Å²) in [6.07, 6.45) is 3.83. The van der Waals surface area contributed by atoms with E-state index in [2.05, 4.69) is 15.3 Å². The van der Waals surface area contributed by atoms with Crippen LogP contribution < -0.4 is 10.2 Å². The molecular weight excluding hydrogens is 260 g/mol. The summed E-state index contributed by atoms with van der Waals surface area (Å²) < 4.78 is 0. The monoisotopic (exact) mass is 270 g/mol. The van der Waals surface area contributed by atoms with Gasteiger partial charge in [-0.05, 0) is 12.1 Å². The summed E-state index contributed by atoms with van der Waals surface area (Å²) in [6.45, 7) is 0.282. The van der Waals surface area contributed by atoms with Crippen molar-refractivity contribution >= 4 is 34.8 Å². The number of urea groups is 1. The molecule has 2 heterocycles. The molecule has 3 rings (SSSR count). The number of carbonyl (C=O) groups is 3. The van der Waals surface area contributed by atoms with E-state index < -0.39 is 6.03 Å². The number of nitrogens with zero attached hydrogens (tertiary/aromatic N) is 3. The lowest BCUT2D eigenvalue weighted by atomic mass is 10.1. The quantitative estimate of drug-likeness (QED) is 0.818. The average molecular weight is 270 g/mol. The Kier molecular flexibility index (Phi) is 2.86. The van der Waals surface area contributed by atoms with Crippen LogP contribution in [-0.4, -0.2) is 34.7 Å². The number of fused-ring (bicyclic) bond motifs is 1. The third-order valence-electron chi connectivity index (χ3n) is 3.16. The molecule has 3 amide bonds. The Morgan fingerprint density at radius 3 is 2.90 bits per heavy atom. The molecule has 1 aliphatic rings. The number of anilines is 1. The molecule has 0 radical (unpaired) electrons. The molecule has 1 aromatic heterocycles. The van der Waals surface area contributed by atoms with Gasteiger partial charge < -0.3 is 0 Å². The van der Waals surface area contributed by atoms with Gasteiger partial charge in [0.1, 0.15) is 6.33 Å². The first kappa shape index (κ1) is 12.2. The lowest BCUT2D eigenvalue weighted by molar-refractivity contribution is -0.120. The Morgan fingerprint density at radius 2 is 2.15 bits per heavy atom. The van der Waals surface area contributed by atoms with Crippen LogP contribution in [0.25, 0.3) is 10.9 Å². The van der Waals surface area contributed by atoms with Crippen molar-refractivity contribution in [2.24, 2.45) is 0 Å². The van der Waals surface area contributed by atoms with E-state index in [0.29, 0.717) is 22.2 Å². The van der Waals surface area contributed by atoms with E-state index in [1.54, 1.807) is 12.1 Å². The molecular formula is C13H10N4O3. The SMILES string of the molecule is O=Cc1ccc(N2CCC(=O)NC2=O)c2ncncc12. The minimum absolute atomic E-state index is 0.230. The second-order valence-corrected chi connectivity index (χ2v) is 4.33. The van der Waals surface area contributed by atoms with Gasteiger partial charge >= 0.3 is 6.03 Å². The Labute approximate surface area is 113 Å². The fourth-order valence-electron chi connectivity index (χ4n) is 2.20. The van der Waals surface area contributed by atoms with E-state index >= 15 is 0 Å². The maximum atomic E-state index is 11.9. The minimum Gasteiger partial charge on any atom is -0.298 e. The standard InChI is InChI=1S/C13H10N4O3/c18-6-8-1-2-10(12-9(8)5-14-7-15-12)17-4-3-11(19)16-13(17)20/h1-2,5-7H,3-4H2,(H,16,19,20). The smallest absolute Gasteiger partial charge is 0.298 e. The van der Waals surface area contributed by atoms with Crippen LogP contribution in [0.1, 0.15) is 16.8 Å². The van der Waals surface area contributed by atoms with Crippen molar-refractivity contribution in [1.29, 1.82) is 0 Å². The van der Waals surface area contributed by atoms with E-state index in [1.807, 2.05) is 0 Å². The van der Waals surface area contributed by atoms with Crippen molar-refractivity contribution in [3.63, 3.8) is 0 Å². The van der Waals surface area contributed by atoms with Crippen molar-refractivity contribution in [1.82, 2.24) is 15.3 Å². The summed E-state index contributed by atoms with van der Waals surface area (Å²) in [5.41, 5.74) is 1.52. The second kappa shape index (κ2) is 4.69. The molecule has 0 bridgehead atoms. The Bertz CT molecular complexity index is 729. The Hall–Kier alpha value is -2.83. The maximum Gasteiger partial charge on any atom is 0.328 e. The highest BCUT2D eigenvalue weighted by atomic mass is 16.2. The number of aromatic nitrogens is 2. The maximum absolute atomic E-state index is 11.9. The molecule has 0 atom stereocenters. The molecule has 20 heavy (non-hydrogen) atoms. The van der Waals surface area contributed by atoms with Crippen LogP contribution in [0.4, 0.5) is 10.5 Å². The average Bonchev–Trinajstić information content (AvgIpc) is 2.47. The van der Waals surface area contributed by atoms with Gasteiger partial charge in [-0.1, -0.05) is 0 Å². The Morgan fingerprint density at radius 1 is 1.30 bits per heavy atom. The zero-order chi connectivity index (χ0) is 14.1. The number of benzene rings is 1. The van der Waals surface area contributed by atoms with Crippen molar-refractivity contribution in [3.8, 4) is 0 Å². The molecule has 0 saturated carbocycles. The summed E-state index contributed by atoms with van der Waals surface area (Å²) in [6, 6.07) is 2.77. The first-order valence-electron chi connectivity index (χ1n) is 6.00. The number of hydrogen-bond acceptors (Lipinski definition) is 5. The van der Waals surface area contributed by atoms with E-state index in [4.69, 9.17) is 0 Å². The van der Waals surface area contributed by atoms with Crippen LogP contribution in [0.5, 0.6) is 0 Å². The summed E-state index contributed by atoms with van der Waals surface area (Å²) in [4.78, 5) is 43.6. The normalized spacial score (nSPS) is 15.3. The summed E-state index contributed by atoms with van der Waals surface area (Å²) in [5.74, 6) is -0.297. The van der Waals surface area contributed by atoms with Gasteiger partial charge in [0.15, 0.2) is 6.29 Å². The molecule has 7 nitrogen and oxygen atoms in total. The van der Waals surface area contributed by atoms with Gasteiger partial charge in [0, 0.05) is 30.1 Å². The lowest BCUT2D eigenvalue weighted by Gasteiger charge is -2.27. The van der Waals surface area contributed by atoms with Crippen LogP contribution in [0.3, 0.4) is 0 Å². The second-order valence-electron chi connectivity index (χ2n) is 4.33. The molecule has 1 N–H and O–H groups in total. The first-order chi connectivity index (χ1) is 9.70.